The van der Waals surface area contributed by atoms with Gasteiger partial charge in [0, 0.05) is 13.8 Å². The lowest BCUT2D eigenvalue weighted by Gasteiger charge is -1.94. The van der Waals surface area contributed by atoms with Gasteiger partial charge in [0.1, 0.15) is 12.9 Å². The van der Waals surface area contributed by atoms with Gasteiger partial charge in [-0.15, -0.1) is 0 Å². The van der Waals surface area contributed by atoms with Gasteiger partial charge in [-0.2, -0.15) is 0 Å². The van der Waals surface area contributed by atoms with Crippen LogP contribution in [0.2, 0.25) is 0 Å². The first kappa shape index (κ1) is 14.9. The van der Waals surface area contributed by atoms with E-state index < -0.39 is 5.97 Å². The van der Waals surface area contributed by atoms with Crippen LogP contribution in [-0.2, 0) is 19.1 Å². The third-order valence-electron chi connectivity index (χ3n) is 0.878. The average molecular weight is 202 g/mol. The maximum Gasteiger partial charge on any atom is 0.302 e. The fraction of sp³-hybridized carbons (Fsp3) is 0.444. The average Bonchev–Trinajstić information content (AvgIpc) is 2.02. The van der Waals surface area contributed by atoms with Crippen molar-refractivity contribution in [1.29, 1.82) is 0 Å². The topological polar surface area (TPSA) is 80.7 Å². The summed E-state index contributed by atoms with van der Waals surface area (Å²) in [6.45, 7) is 4.24. The van der Waals surface area contributed by atoms with Crippen molar-refractivity contribution < 1.29 is 24.2 Å². The Morgan fingerprint density at radius 1 is 1.29 bits per heavy atom. The minimum atomic E-state index is -0.833. The highest BCUT2D eigenvalue weighted by Gasteiger charge is 1.88. The molecule has 0 unspecified atom stereocenters. The lowest BCUT2D eigenvalue weighted by atomic mass is 10.3. The summed E-state index contributed by atoms with van der Waals surface area (Å²) < 4.78 is 4.54. The van der Waals surface area contributed by atoms with Gasteiger partial charge in [-0.3, -0.25) is 14.4 Å². The van der Waals surface area contributed by atoms with Crippen molar-refractivity contribution in [3.05, 3.63) is 11.6 Å². The van der Waals surface area contributed by atoms with Crippen LogP contribution in [0.15, 0.2) is 11.6 Å². The van der Waals surface area contributed by atoms with Gasteiger partial charge in [-0.1, -0.05) is 0 Å². The summed E-state index contributed by atoms with van der Waals surface area (Å²) in [4.78, 5) is 29.1. The number of rotatable bonds is 3. The SMILES string of the molecule is CC(=O)O.CC(=O)OC/C=C(\C)C=O. The summed E-state index contributed by atoms with van der Waals surface area (Å²) >= 11 is 0. The molecule has 5 nitrogen and oxygen atoms in total. The number of ether oxygens (including phenoxy) is 1. The summed E-state index contributed by atoms with van der Waals surface area (Å²) in [6, 6.07) is 0. The molecule has 0 saturated heterocycles. The molecule has 0 spiro atoms. The van der Waals surface area contributed by atoms with E-state index in [1.165, 1.54) is 6.92 Å². The van der Waals surface area contributed by atoms with E-state index in [0.717, 1.165) is 6.92 Å². The Balaban J connectivity index is 0. The fourth-order valence-corrected chi connectivity index (χ4v) is 0.339. The lowest BCUT2D eigenvalue weighted by molar-refractivity contribution is -0.139. The van der Waals surface area contributed by atoms with E-state index in [-0.39, 0.29) is 12.6 Å². The number of carboxylic acid groups (broad SMARTS) is 1. The van der Waals surface area contributed by atoms with Crippen LogP contribution in [0.1, 0.15) is 20.8 Å². The number of aliphatic carboxylic acids is 1. The summed E-state index contributed by atoms with van der Waals surface area (Å²) in [6.07, 6.45) is 2.26. The quantitative estimate of drug-likeness (QED) is 0.415. The van der Waals surface area contributed by atoms with Crippen molar-refractivity contribution in [2.24, 2.45) is 0 Å². The molecule has 0 amide bonds. The zero-order valence-electron chi connectivity index (χ0n) is 8.44. The van der Waals surface area contributed by atoms with Crippen molar-refractivity contribution in [1.82, 2.24) is 0 Å². The first-order valence-corrected chi connectivity index (χ1v) is 3.85. The van der Waals surface area contributed by atoms with E-state index in [2.05, 4.69) is 4.74 Å². The zero-order chi connectivity index (χ0) is 11.6. The molecule has 0 aliphatic heterocycles. The minimum Gasteiger partial charge on any atom is -0.481 e. The molecular weight excluding hydrogens is 188 g/mol. The molecule has 0 aromatic rings. The Hall–Kier alpha value is -1.65. The van der Waals surface area contributed by atoms with E-state index in [4.69, 9.17) is 9.90 Å². The van der Waals surface area contributed by atoms with E-state index in [1.54, 1.807) is 13.0 Å². The molecule has 0 aliphatic carbocycles. The van der Waals surface area contributed by atoms with Crippen molar-refractivity contribution in [3.63, 3.8) is 0 Å². The number of esters is 1. The largest absolute Gasteiger partial charge is 0.481 e. The third kappa shape index (κ3) is 22.4. The maximum atomic E-state index is 10.2. The van der Waals surface area contributed by atoms with Crippen LogP contribution in [0.5, 0.6) is 0 Å². The molecule has 0 heterocycles. The normalized spacial score (nSPS) is 9.50. The number of allylic oxidation sites excluding steroid dienone is 1. The van der Waals surface area contributed by atoms with Gasteiger partial charge in [0.15, 0.2) is 0 Å². The Bertz CT molecular complexity index is 225. The maximum absolute atomic E-state index is 10.2. The second kappa shape index (κ2) is 9.44. The molecule has 0 saturated carbocycles. The summed E-state index contributed by atoms with van der Waals surface area (Å²) in [5.41, 5.74) is 0.571. The summed E-state index contributed by atoms with van der Waals surface area (Å²) in [7, 11) is 0. The molecule has 0 rings (SSSR count). The fourth-order valence-electron chi connectivity index (χ4n) is 0.339. The van der Waals surface area contributed by atoms with Gasteiger partial charge >= 0.3 is 5.97 Å². The van der Waals surface area contributed by atoms with Crippen molar-refractivity contribution >= 4 is 18.2 Å². The zero-order valence-corrected chi connectivity index (χ0v) is 8.44. The molecule has 80 valence electrons. The number of carbonyl (C=O) groups is 3. The van der Waals surface area contributed by atoms with Gasteiger partial charge in [0.05, 0.1) is 0 Å². The highest BCUT2D eigenvalue weighted by atomic mass is 16.5. The molecule has 5 heteroatoms. The first-order valence-electron chi connectivity index (χ1n) is 3.85. The Morgan fingerprint density at radius 3 is 2.00 bits per heavy atom. The van der Waals surface area contributed by atoms with E-state index >= 15 is 0 Å². The van der Waals surface area contributed by atoms with Crippen LogP contribution in [0.3, 0.4) is 0 Å². The van der Waals surface area contributed by atoms with Crippen LogP contribution in [-0.4, -0.2) is 29.9 Å². The minimum absolute atomic E-state index is 0.180. The molecule has 0 fully saturated rings. The first-order chi connectivity index (χ1) is 6.40. The van der Waals surface area contributed by atoms with Gasteiger partial charge in [0.25, 0.3) is 5.97 Å². The Morgan fingerprint density at radius 2 is 1.71 bits per heavy atom. The van der Waals surface area contributed by atoms with E-state index in [9.17, 15) is 9.59 Å². The number of aldehydes is 1. The highest BCUT2D eigenvalue weighted by molar-refractivity contribution is 5.72. The van der Waals surface area contributed by atoms with Crippen molar-refractivity contribution in [2.45, 2.75) is 20.8 Å². The Kier molecular flexibility index (Phi) is 10.0. The van der Waals surface area contributed by atoms with Crippen LogP contribution in [0.25, 0.3) is 0 Å². The Labute approximate surface area is 82.4 Å². The van der Waals surface area contributed by atoms with Crippen LogP contribution in [0, 0.1) is 0 Å². The number of carbonyl (C=O) groups excluding carboxylic acids is 2. The van der Waals surface area contributed by atoms with Gasteiger partial charge in [-0.25, -0.2) is 0 Å². The van der Waals surface area contributed by atoms with E-state index in [0.29, 0.717) is 11.9 Å². The molecule has 0 radical (unpaired) electrons. The predicted molar refractivity (Wildman–Crippen MR) is 49.8 cm³/mol. The van der Waals surface area contributed by atoms with Crippen molar-refractivity contribution in [2.75, 3.05) is 6.61 Å². The molecule has 0 bridgehead atoms. The number of hydrogen-bond donors (Lipinski definition) is 1. The molecule has 1 N–H and O–H groups in total. The summed E-state index contributed by atoms with van der Waals surface area (Å²) in [5.74, 6) is -1.17. The summed E-state index contributed by atoms with van der Waals surface area (Å²) in [5, 5.41) is 7.42. The van der Waals surface area contributed by atoms with Crippen LogP contribution in [0.4, 0.5) is 0 Å². The smallest absolute Gasteiger partial charge is 0.302 e. The monoisotopic (exact) mass is 202 g/mol. The van der Waals surface area contributed by atoms with Crippen molar-refractivity contribution in [3.8, 4) is 0 Å². The van der Waals surface area contributed by atoms with E-state index in [1.807, 2.05) is 0 Å². The molecule has 14 heavy (non-hydrogen) atoms. The third-order valence-corrected chi connectivity index (χ3v) is 0.878. The number of hydrogen-bond acceptors (Lipinski definition) is 4. The van der Waals surface area contributed by atoms with Gasteiger partial charge < -0.3 is 9.84 Å². The van der Waals surface area contributed by atoms with Crippen LogP contribution < -0.4 is 0 Å². The predicted octanol–water partition coefficient (Wildman–Crippen LogP) is 0.786. The van der Waals surface area contributed by atoms with Gasteiger partial charge in [-0.05, 0) is 18.6 Å². The highest BCUT2D eigenvalue weighted by Crippen LogP contribution is 1.86. The van der Waals surface area contributed by atoms with Gasteiger partial charge in [0.2, 0.25) is 0 Å². The molecule has 0 atom stereocenters. The second-order valence-corrected chi connectivity index (χ2v) is 2.39. The standard InChI is InChI=1S/C7H10O3.C2H4O2/c1-6(5-8)3-4-10-7(2)9;1-2(3)4/h3,5H,4H2,1-2H3;1H3,(H,3,4)/b6-3+;. The molecule has 0 aromatic carbocycles. The molecule has 0 aromatic heterocycles. The molecule has 0 aliphatic rings. The number of carboxylic acids is 1. The lowest BCUT2D eigenvalue weighted by Crippen LogP contribution is -1.98. The van der Waals surface area contributed by atoms with Crippen LogP contribution >= 0.6 is 0 Å². The second-order valence-electron chi connectivity index (χ2n) is 2.39. The molecular formula is C9H14O5.